The molecule has 0 unspecified atom stereocenters. The molecule has 0 spiro atoms. The van der Waals surface area contributed by atoms with Gasteiger partial charge >= 0.3 is 0 Å². The molecule has 4 heterocycles. The second kappa shape index (κ2) is 9.43. The van der Waals surface area contributed by atoms with Gasteiger partial charge in [-0.1, -0.05) is 30.3 Å². The van der Waals surface area contributed by atoms with Gasteiger partial charge in [0.05, 0.1) is 17.4 Å². The molecule has 1 aliphatic heterocycles. The van der Waals surface area contributed by atoms with Gasteiger partial charge in [-0.25, -0.2) is 4.39 Å². The summed E-state index contributed by atoms with van der Waals surface area (Å²) in [6.07, 6.45) is 5.88. The minimum atomic E-state index is -0.243. The van der Waals surface area contributed by atoms with Crippen LogP contribution >= 0.6 is 0 Å². The number of aromatic nitrogens is 4. The summed E-state index contributed by atoms with van der Waals surface area (Å²) in [5, 5.41) is 13.3. The van der Waals surface area contributed by atoms with Gasteiger partial charge in [-0.15, -0.1) is 0 Å². The van der Waals surface area contributed by atoms with Gasteiger partial charge < -0.3 is 15.0 Å². The number of nitrogens with one attached hydrogen (secondary N) is 3. The van der Waals surface area contributed by atoms with Crippen molar-refractivity contribution >= 4 is 21.8 Å². The average Bonchev–Trinajstić information content (AvgIpc) is 3.58. The van der Waals surface area contributed by atoms with Crippen molar-refractivity contribution in [1.29, 1.82) is 0 Å². The van der Waals surface area contributed by atoms with Gasteiger partial charge in [0, 0.05) is 28.0 Å². The highest BCUT2D eigenvalue weighted by molar-refractivity contribution is 6.01. The van der Waals surface area contributed by atoms with Crippen LogP contribution in [0.25, 0.3) is 55.4 Å². The number of halogens is 1. The van der Waals surface area contributed by atoms with Crippen molar-refractivity contribution in [3.63, 3.8) is 0 Å². The molecule has 0 atom stereocenters. The Bertz CT molecular complexity index is 1750. The summed E-state index contributed by atoms with van der Waals surface area (Å²) in [5.41, 5.74) is 7.78. The van der Waals surface area contributed by atoms with E-state index in [0.29, 0.717) is 0 Å². The number of fused-ring (bicyclic) bond motifs is 2. The van der Waals surface area contributed by atoms with Crippen molar-refractivity contribution in [3.05, 3.63) is 91.0 Å². The molecule has 0 amide bonds. The topological polar surface area (TPSA) is 78.6 Å². The number of aromatic amines is 2. The maximum absolute atomic E-state index is 13.5. The minimum absolute atomic E-state index is 0.220. The number of hydrogen-bond donors (Lipinski definition) is 3. The summed E-state index contributed by atoms with van der Waals surface area (Å²) >= 11 is 0. The Labute approximate surface area is 218 Å². The quantitative estimate of drug-likeness (QED) is 0.244. The smallest absolute Gasteiger partial charge is 0.138 e. The van der Waals surface area contributed by atoms with Crippen LogP contribution in [-0.4, -0.2) is 39.4 Å². The van der Waals surface area contributed by atoms with Crippen molar-refractivity contribution in [2.24, 2.45) is 0 Å². The Balaban J connectivity index is 1.25. The summed E-state index contributed by atoms with van der Waals surface area (Å²) in [4.78, 5) is 7.99. The van der Waals surface area contributed by atoms with Crippen LogP contribution in [0.3, 0.4) is 0 Å². The number of pyridine rings is 1. The largest absolute Gasteiger partial charge is 0.489 e. The normalized spacial score (nSPS) is 14.3. The zero-order chi connectivity index (χ0) is 25.5. The standard InChI is InChI=1S/C31H26FN5O/c32-22-7-4-19(5-8-22)25-2-1-3-28-26(25)16-30(35-28)31-27-15-20(6-9-29(27)36-37-31)21-14-24(18-34-17-21)38-23-10-12-33-13-11-23/h1-9,14-18,23,33,35H,10-13H2,(H,36,37). The van der Waals surface area contributed by atoms with Gasteiger partial charge in [-0.05, 0) is 85.1 Å². The van der Waals surface area contributed by atoms with E-state index in [2.05, 4.69) is 55.8 Å². The number of H-pyrrole nitrogens is 2. The van der Waals surface area contributed by atoms with Gasteiger partial charge in [0.25, 0.3) is 0 Å². The van der Waals surface area contributed by atoms with Crippen molar-refractivity contribution in [3.8, 4) is 39.4 Å². The number of ether oxygens (including phenoxy) is 1. The first kappa shape index (κ1) is 22.7. The highest BCUT2D eigenvalue weighted by Gasteiger charge is 2.17. The third-order valence-corrected chi connectivity index (χ3v) is 7.27. The molecule has 3 aromatic carbocycles. The molecule has 1 saturated heterocycles. The van der Waals surface area contributed by atoms with E-state index < -0.39 is 0 Å². The molecular weight excluding hydrogens is 477 g/mol. The third kappa shape index (κ3) is 4.21. The lowest BCUT2D eigenvalue weighted by atomic mass is 10.0. The van der Waals surface area contributed by atoms with E-state index in [1.54, 1.807) is 6.20 Å². The Morgan fingerprint density at radius 3 is 2.50 bits per heavy atom. The van der Waals surface area contributed by atoms with Crippen LogP contribution in [0.15, 0.2) is 85.2 Å². The van der Waals surface area contributed by atoms with E-state index in [-0.39, 0.29) is 11.9 Å². The third-order valence-electron chi connectivity index (χ3n) is 7.27. The first-order valence-electron chi connectivity index (χ1n) is 12.9. The van der Waals surface area contributed by atoms with Crippen molar-refractivity contribution < 1.29 is 9.13 Å². The van der Waals surface area contributed by atoms with Crippen LogP contribution in [0.2, 0.25) is 0 Å². The molecule has 1 aliphatic rings. The first-order valence-corrected chi connectivity index (χ1v) is 12.9. The van der Waals surface area contributed by atoms with Crippen molar-refractivity contribution in [2.75, 3.05) is 13.1 Å². The van der Waals surface area contributed by atoms with Crippen LogP contribution in [0.1, 0.15) is 12.8 Å². The van der Waals surface area contributed by atoms with Crippen molar-refractivity contribution in [2.45, 2.75) is 18.9 Å². The highest BCUT2D eigenvalue weighted by Crippen LogP contribution is 2.35. The zero-order valence-electron chi connectivity index (χ0n) is 20.7. The van der Waals surface area contributed by atoms with Crippen LogP contribution in [0, 0.1) is 5.82 Å². The molecule has 6 nitrogen and oxygen atoms in total. The molecule has 188 valence electrons. The molecule has 1 fully saturated rings. The summed E-state index contributed by atoms with van der Waals surface area (Å²) in [5.74, 6) is 0.555. The zero-order valence-corrected chi connectivity index (χ0v) is 20.7. The number of rotatable bonds is 5. The molecule has 7 heteroatoms. The number of hydrogen-bond acceptors (Lipinski definition) is 4. The summed E-state index contributed by atoms with van der Waals surface area (Å²) in [6, 6.07) is 23.2. The lowest BCUT2D eigenvalue weighted by Crippen LogP contribution is -2.34. The number of nitrogens with zero attached hydrogens (tertiary/aromatic N) is 2. The maximum Gasteiger partial charge on any atom is 0.138 e. The lowest BCUT2D eigenvalue weighted by molar-refractivity contribution is 0.162. The molecule has 3 N–H and O–H groups in total. The summed E-state index contributed by atoms with van der Waals surface area (Å²) < 4.78 is 19.7. The van der Waals surface area contributed by atoms with Gasteiger partial charge in [-0.2, -0.15) is 5.10 Å². The monoisotopic (exact) mass is 503 g/mol. The summed E-state index contributed by atoms with van der Waals surface area (Å²) in [7, 11) is 0. The van der Waals surface area contributed by atoms with E-state index in [1.807, 2.05) is 36.5 Å². The fourth-order valence-electron chi connectivity index (χ4n) is 5.31. The molecular formula is C31H26FN5O. The molecule has 0 aliphatic carbocycles. The van der Waals surface area contributed by atoms with Gasteiger partial charge in [0.2, 0.25) is 0 Å². The Morgan fingerprint density at radius 1 is 0.789 bits per heavy atom. The van der Waals surface area contributed by atoms with Crippen LogP contribution < -0.4 is 10.1 Å². The van der Waals surface area contributed by atoms with Crippen molar-refractivity contribution in [1.82, 2.24) is 25.5 Å². The van der Waals surface area contributed by atoms with Crippen LogP contribution in [0.4, 0.5) is 4.39 Å². The maximum atomic E-state index is 13.5. The molecule has 0 saturated carbocycles. The predicted molar refractivity (Wildman–Crippen MR) is 149 cm³/mol. The van der Waals surface area contributed by atoms with E-state index in [9.17, 15) is 4.39 Å². The van der Waals surface area contributed by atoms with E-state index >= 15 is 0 Å². The molecule has 0 radical (unpaired) electrons. The van der Waals surface area contributed by atoms with E-state index in [4.69, 9.17) is 4.74 Å². The van der Waals surface area contributed by atoms with Gasteiger partial charge in [0.1, 0.15) is 23.4 Å². The average molecular weight is 504 g/mol. The molecule has 6 aromatic rings. The molecule has 7 rings (SSSR count). The van der Waals surface area contributed by atoms with Gasteiger partial charge in [0.15, 0.2) is 0 Å². The minimum Gasteiger partial charge on any atom is -0.489 e. The second-order valence-corrected chi connectivity index (χ2v) is 9.77. The summed E-state index contributed by atoms with van der Waals surface area (Å²) in [6.45, 7) is 1.97. The van der Waals surface area contributed by atoms with Crippen LogP contribution in [-0.2, 0) is 0 Å². The Kier molecular flexibility index (Phi) is 5.63. The number of piperidine rings is 1. The Morgan fingerprint density at radius 2 is 1.63 bits per heavy atom. The molecule has 0 bridgehead atoms. The lowest BCUT2D eigenvalue weighted by Gasteiger charge is -2.23. The Hall–Kier alpha value is -4.49. The van der Waals surface area contributed by atoms with E-state index in [0.717, 1.165) is 87.1 Å². The van der Waals surface area contributed by atoms with Crippen LogP contribution in [0.5, 0.6) is 5.75 Å². The fraction of sp³-hybridized carbons (Fsp3) is 0.161. The van der Waals surface area contributed by atoms with E-state index in [1.165, 1.54) is 12.1 Å². The predicted octanol–water partition coefficient (Wildman–Crippen LogP) is 6.71. The first-order chi connectivity index (χ1) is 18.7. The molecule has 38 heavy (non-hydrogen) atoms. The fourth-order valence-corrected chi connectivity index (χ4v) is 5.31. The number of benzene rings is 3. The second-order valence-electron chi connectivity index (χ2n) is 9.77. The highest BCUT2D eigenvalue weighted by atomic mass is 19.1. The SMILES string of the molecule is Fc1ccc(-c2cccc3[nH]c(-c4n[nH]c5ccc(-c6cncc(OC7CCNCC7)c6)cc45)cc23)cc1. The van der Waals surface area contributed by atoms with Gasteiger partial charge in [-0.3, -0.25) is 10.1 Å². The molecule has 3 aromatic heterocycles.